The molecule has 0 saturated carbocycles. The second-order valence-electron chi connectivity index (χ2n) is 19.9. The Morgan fingerprint density at radius 2 is 1.06 bits per heavy atom. The summed E-state index contributed by atoms with van der Waals surface area (Å²) in [6.07, 6.45) is 2.92. The van der Waals surface area contributed by atoms with Gasteiger partial charge < -0.3 is 33.2 Å². The first-order valence-corrected chi connectivity index (χ1v) is 25.1. The van der Waals surface area contributed by atoms with Gasteiger partial charge in [0.2, 0.25) is 11.8 Å². The van der Waals surface area contributed by atoms with Crippen LogP contribution in [0, 0.1) is 40.8 Å². The van der Waals surface area contributed by atoms with E-state index < -0.39 is 71.9 Å². The number of hydrogen-bond donors (Lipinski definition) is 6. The van der Waals surface area contributed by atoms with Gasteiger partial charge in [0.05, 0.1) is 74.1 Å². The molecular weight excluding hydrogens is 1160 g/mol. The van der Waals surface area contributed by atoms with Crippen LogP contribution in [-0.2, 0) is 33.5 Å². The summed E-state index contributed by atoms with van der Waals surface area (Å²) in [5, 5.41) is 18.0. The van der Waals surface area contributed by atoms with Crippen LogP contribution in [0.15, 0.2) is 48.8 Å². The summed E-state index contributed by atoms with van der Waals surface area (Å²) in [4.78, 5) is 59.9. The minimum absolute atomic E-state index is 0.00690. The number of nitrogens with one attached hydrogen (secondary N) is 3. The van der Waals surface area contributed by atoms with Gasteiger partial charge in [-0.05, 0) is 101 Å². The molecule has 0 atom stereocenters. The molecule has 0 radical (unpaired) electrons. The number of aryl methyl sites for hydroxylation is 2. The summed E-state index contributed by atoms with van der Waals surface area (Å²) in [6, 6.07) is 8.05. The van der Waals surface area contributed by atoms with Gasteiger partial charge in [-0.15, -0.1) is 0 Å². The molecule has 8 aromatic heterocycles. The monoisotopic (exact) mass is 1210 g/mol. The average Bonchev–Trinajstić information content (AvgIpc) is 4.12. The van der Waals surface area contributed by atoms with Crippen molar-refractivity contribution >= 4 is 73.9 Å². The largest absolute Gasteiger partial charge is 0.368 e. The average molecular weight is 1210 g/mol. The van der Waals surface area contributed by atoms with E-state index in [0.29, 0.717) is 31.7 Å². The third kappa shape index (κ3) is 11.2. The number of amides is 2. The number of carbonyl (C=O) groups excluding carboxylic acids is 2. The molecule has 0 fully saturated rings. The van der Waals surface area contributed by atoms with Crippen molar-refractivity contribution in [1.29, 1.82) is 0 Å². The van der Waals surface area contributed by atoms with Crippen LogP contribution in [0.4, 0.5) is 52.6 Å². The van der Waals surface area contributed by atoms with E-state index in [1.807, 2.05) is 0 Å². The predicted molar refractivity (Wildman–Crippen MR) is 284 cm³/mol. The van der Waals surface area contributed by atoms with Crippen molar-refractivity contribution in [3.63, 3.8) is 0 Å². The Morgan fingerprint density at radius 1 is 0.633 bits per heavy atom. The fourth-order valence-corrected chi connectivity index (χ4v) is 9.23. The van der Waals surface area contributed by atoms with Crippen molar-refractivity contribution in [3.05, 3.63) is 110 Å². The van der Waals surface area contributed by atoms with Gasteiger partial charge in [-0.2, -0.15) is 10.2 Å². The number of halogens is 9. The predicted octanol–water partition coefficient (Wildman–Crippen LogP) is 6.53. The van der Waals surface area contributed by atoms with Crippen LogP contribution in [0.2, 0.25) is 0 Å². The summed E-state index contributed by atoms with van der Waals surface area (Å²) < 4.78 is 111. The van der Waals surface area contributed by atoms with E-state index in [-0.39, 0.29) is 106 Å². The first-order chi connectivity index (χ1) is 37.3. The first-order valence-electron chi connectivity index (χ1n) is 24.0. The van der Waals surface area contributed by atoms with Crippen LogP contribution in [0.25, 0.3) is 45.1 Å². The van der Waals surface area contributed by atoms with Crippen LogP contribution >= 0.6 is 22.6 Å². The molecule has 29 heteroatoms. The zero-order valence-corrected chi connectivity index (χ0v) is 45.2. The van der Waals surface area contributed by atoms with Gasteiger partial charge in [0.25, 0.3) is 0 Å². The zero-order chi connectivity index (χ0) is 57.5. The Labute approximate surface area is 458 Å². The fraction of sp³-hybridized carbons (Fsp3) is 0.360. The number of hydrogen-bond acceptors (Lipinski definition) is 16. The van der Waals surface area contributed by atoms with Crippen molar-refractivity contribution in [1.82, 2.24) is 59.4 Å². The minimum Gasteiger partial charge on any atom is -0.368 e. The number of fused-ring (bicyclic) bond motifs is 4. The third-order valence-corrected chi connectivity index (χ3v) is 13.9. The molecule has 2 aliphatic heterocycles. The molecule has 2 aliphatic rings. The molecule has 8 aromatic rings. The van der Waals surface area contributed by atoms with E-state index in [9.17, 15) is 44.7 Å². The van der Waals surface area contributed by atoms with Crippen molar-refractivity contribution in [2.75, 3.05) is 55.7 Å². The summed E-state index contributed by atoms with van der Waals surface area (Å²) in [7, 11) is 0. The third-order valence-electron chi connectivity index (χ3n) is 13.1. The molecular formula is C50H51F8IN18O2. The SMILES string of the molecule is Cc1nc2c(cc1F)c(-c1nc(I)c3c(n1)NC(=O)C3(C)C)nn2Cc1ncccc1F.Cc1nc2c(cc1F)c(-c1nc(NCC(N)(CF)CF)c3c(n1)NC(=O)C3(C)C)nn2Cc1ncccc1F.NCC(N)(CF)CF. The number of nitrogens with zero attached hydrogens (tertiary/aromatic N) is 12. The van der Waals surface area contributed by atoms with Gasteiger partial charge in [-0.1, -0.05) is 0 Å². The van der Waals surface area contributed by atoms with Gasteiger partial charge in [0.15, 0.2) is 22.9 Å². The standard InChI is InChI=1S/C25H25F4N9O.C21H16F2IN7O.C4H10F2N2/c1-12-15(29)7-13-18(37-38(22(13)33-12)8-16-14(28)5-4-6-31-16)21-34-19(32-11-25(30,9-26)10-27)17-20(35-21)36-23(39)24(17,2)3;1-9-12(23)7-10-15(18-27-16(24)14-17(28-18)29-20(32)21(14,2)3)30-31(19(10)26-9)8-13-11(22)5-4-6-25-13;5-1-4(8,2-6)3-7/h4-7H,8-11,30H2,1-3H3,(H2,32,34,35,36,39);4-7H,8H2,1-3H3,(H,27,28,29,32);1-3,7-8H2. The zero-order valence-electron chi connectivity index (χ0n) is 43.1. The lowest BCUT2D eigenvalue weighted by Crippen LogP contribution is -2.51. The van der Waals surface area contributed by atoms with E-state index in [1.165, 1.54) is 65.1 Å². The van der Waals surface area contributed by atoms with Crippen LogP contribution in [0.3, 0.4) is 0 Å². The normalized spacial score (nSPS) is 14.3. The summed E-state index contributed by atoms with van der Waals surface area (Å²) >= 11 is 2.05. The summed E-state index contributed by atoms with van der Waals surface area (Å²) in [5.41, 5.74) is 13.2. The van der Waals surface area contributed by atoms with E-state index in [1.54, 1.807) is 34.6 Å². The lowest BCUT2D eigenvalue weighted by Gasteiger charge is -2.25. The Hall–Kier alpha value is -7.51. The number of pyridine rings is 4. The molecule has 0 aliphatic carbocycles. The molecule has 416 valence electrons. The van der Waals surface area contributed by atoms with Gasteiger partial charge in [-0.3, -0.25) is 19.6 Å². The maximum absolute atomic E-state index is 14.7. The van der Waals surface area contributed by atoms with Crippen molar-refractivity contribution in [3.8, 4) is 23.0 Å². The van der Waals surface area contributed by atoms with Crippen LogP contribution in [-0.4, -0.2) is 122 Å². The Morgan fingerprint density at radius 3 is 1.48 bits per heavy atom. The van der Waals surface area contributed by atoms with Gasteiger partial charge >= 0.3 is 0 Å². The van der Waals surface area contributed by atoms with E-state index in [4.69, 9.17) is 17.2 Å². The van der Waals surface area contributed by atoms with E-state index in [2.05, 4.69) is 88.6 Å². The molecule has 9 N–H and O–H groups in total. The number of anilines is 3. The highest BCUT2D eigenvalue weighted by molar-refractivity contribution is 14.1. The number of rotatable bonds is 14. The maximum atomic E-state index is 14.7. The maximum Gasteiger partial charge on any atom is 0.235 e. The van der Waals surface area contributed by atoms with Crippen LogP contribution < -0.4 is 33.2 Å². The van der Waals surface area contributed by atoms with Crippen molar-refractivity contribution < 1.29 is 44.7 Å². The second kappa shape index (κ2) is 22.3. The van der Waals surface area contributed by atoms with Gasteiger partial charge in [0.1, 0.15) is 82.5 Å². The lowest BCUT2D eigenvalue weighted by molar-refractivity contribution is -0.120. The molecule has 20 nitrogen and oxygen atoms in total. The smallest absolute Gasteiger partial charge is 0.235 e. The van der Waals surface area contributed by atoms with Crippen LogP contribution in [0.1, 0.15) is 61.6 Å². The Kier molecular flexibility index (Phi) is 16.3. The van der Waals surface area contributed by atoms with Gasteiger partial charge in [-0.25, -0.2) is 74.4 Å². The number of aromatic nitrogens is 12. The Bertz CT molecular complexity index is 3660. The minimum atomic E-state index is -1.82. The van der Waals surface area contributed by atoms with E-state index >= 15 is 0 Å². The molecule has 0 spiro atoms. The molecule has 79 heavy (non-hydrogen) atoms. The quantitative estimate of drug-likeness (QED) is 0.0383. The van der Waals surface area contributed by atoms with Crippen molar-refractivity contribution in [2.24, 2.45) is 17.2 Å². The molecule has 2 amide bonds. The molecule has 0 saturated heterocycles. The fourth-order valence-electron chi connectivity index (χ4n) is 8.08. The molecule has 0 bridgehead atoms. The number of alkyl halides is 4. The topological polar surface area (TPSA) is 287 Å². The summed E-state index contributed by atoms with van der Waals surface area (Å²) in [5.74, 6) is -1.88. The molecule has 0 aromatic carbocycles. The molecule has 0 unspecified atom stereocenters. The molecule has 10 heterocycles. The van der Waals surface area contributed by atoms with Crippen LogP contribution in [0.5, 0.6) is 0 Å². The van der Waals surface area contributed by atoms with E-state index in [0.717, 1.165) is 0 Å². The number of carbonyl (C=O) groups is 2. The second-order valence-corrected chi connectivity index (χ2v) is 20.9. The highest BCUT2D eigenvalue weighted by Gasteiger charge is 2.44. The lowest BCUT2D eigenvalue weighted by atomic mass is 9.87. The van der Waals surface area contributed by atoms with Crippen molar-refractivity contribution in [2.45, 2.75) is 76.5 Å². The highest BCUT2D eigenvalue weighted by Crippen LogP contribution is 2.43. The summed E-state index contributed by atoms with van der Waals surface area (Å²) in [6.45, 7) is 5.22. The highest BCUT2D eigenvalue weighted by atomic mass is 127. The Balaban J connectivity index is 0.000000185. The first kappa shape index (κ1) is 57.7. The molecule has 10 rings (SSSR count). The number of nitrogens with two attached hydrogens (primary N) is 3. The van der Waals surface area contributed by atoms with Gasteiger partial charge in [0, 0.05) is 31.0 Å².